The smallest absolute Gasteiger partial charge is 0.410 e. The molecule has 1 aromatic carbocycles. The number of halogens is 1. The SMILES string of the molecule is COc1ccc(S(=O)(=O)C[C@H]2CCN(C(=O)OC(C)(C)C)C2)cc1C(=O)Nc1ccc(F)c(C)n1. The van der Waals surface area contributed by atoms with Gasteiger partial charge >= 0.3 is 6.09 Å². The number of nitrogens with one attached hydrogen (secondary N) is 1. The molecule has 0 unspecified atom stereocenters. The van der Waals surface area contributed by atoms with Gasteiger partial charge in [-0.25, -0.2) is 22.6 Å². The summed E-state index contributed by atoms with van der Waals surface area (Å²) in [5.41, 5.74) is -0.522. The number of aryl methyl sites for hydroxylation is 1. The third-order valence-corrected chi connectivity index (χ3v) is 7.31. The molecule has 9 nitrogen and oxygen atoms in total. The second-order valence-electron chi connectivity index (χ2n) is 9.44. The molecular formula is C24H30FN3O6S. The lowest BCUT2D eigenvalue weighted by Gasteiger charge is -2.24. The van der Waals surface area contributed by atoms with Crippen molar-refractivity contribution in [1.82, 2.24) is 9.88 Å². The zero-order valence-corrected chi connectivity index (χ0v) is 21.2. The van der Waals surface area contributed by atoms with Crippen LogP contribution in [0.1, 0.15) is 43.2 Å². The van der Waals surface area contributed by atoms with Crippen LogP contribution in [0.4, 0.5) is 15.0 Å². The summed E-state index contributed by atoms with van der Waals surface area (Å²) in [6.07, 6.45) is 0.0582. The zero-order valence-electron chi connectivity index (χ0n) is 20.4. The number of hydrogen-bond donors (Lipinski definition) is 1. The second kappa shape index (κ2) is 10.2. The minimum absolute atomic E-state index is 0.000781. The first kappa shape index (κ1) is 26.4. The van der Waals surface area contributed by atoms with E-state index in [-0.39, 0.29) is 45.9 Å². The van der Waals surface area contributed by atoms with Crippen LogP contribution in [0.25, 0.3) is 0 Å². The Balaban J connectivity index is 1.75. The van der Waals surface area contributed by atoms with Crippen LogP contribution in [0.3, 0.4) is 0 Å². The monoisotopic (exact) mass is 507 g/mol. The van der Waals surface area contributed by atoms with Gasteiger partial charge in [-0.1, -0.05) is 0 Å². The summed E-state index contributed by atoms with van der Waals surface area (Å²) in [4.78, 5) is 30.6. The lowest BCUT2D eigenvalue weighted by Crippen LogP contribution is -2.35. The van der Waals surface area contributed by atoms with Crippen LogP contribution in [-0.4, -0.2) is 61.9 Å². The van der Waals surface area contributed by atoms with Gasteiger partial charge in [0.1, 0.15) is 23.0 Å². The van der Waals surface area contributed by atoms with E-state index < -0.39 is 33.3 Å². The van der Waals surface area contributed by atoms with Crippen molar-refractivity contribution in [1.29, 1.82) is 0 Å². The van der Waals surface area contributed by atoms with E-state index in [1.807, 2.05) is 0 Å². The number of amides is 2. The molecule has 0 spiro atoms. The maximum absolute atomic E-state index is 13.5. The van der Waals surface area contributed by atoms with E-state index in [9.17, 15) is 22.4 Å². The Hall–Kier alpha value is -3.21. The molecule has 0 radical (unpaired) electrons. The van der Waals surface area contributed by atoms with Crippen molar-refractivity contribution < 1.29 is 31.9 Å². The number of likely N-dealkylation sites (tertiary alicyclic amines) is 1. The van der Waals surface area contributed by atoms with Gasteiger partial charge in [-0.15, -0.1) is 0 Å². The normalized spacial score (nSPS) is 16.2. The van der Waals surface area contributed by atoms with Gasteiger partial charge in [-0.3, -0.25) is 4.79 Å². The third-order valence-electron chi connectivity index (χ3n) is 5.43. The summed E-state index contributed by atoms with van der Waals surface area (Å²) in [5.74, 6) is -1.30. The minimum Gasteiger partial charge on any atom is -0.496 e. The van der Waals surface area contributed by atoms with E-state index >= 15 is 0 Å². The van der Waals surface area contributed by atoms with Crippen LogP contribution in [0.15, 0.2) is 35.2 Å². The lowest BCUT2D eigenvalue weighted by molar-refractivity contribution is 0.0289. The van der Waals surface area contributed by atoms with E-state index in [0.29, 0.717) is 13.0 Å². The Morgan fingerprint density at radius 2 is 1.94 bits per heavy atom. The molecule has 0 bridgehead atoms. The van der Waals surface area contributed by atoms with E-state index in [1.54, 1.807) is 20.8 Å². The van der Waals surface area contributed by atoms with Crippen molar-refractivity contribution in [2.24, 2.45) is 5.92 Å². The summed E-state index contributed by atoms with van der Waals surface area (Å²) in [6, 6.07) is 6.53. The quantitative estimate of drug-likeness (QED) is 0.632. The van der Waals surface area contributed by atoms with Gasteiger partial charge in [0, 0.05) is 13.1 Å². The average molecular weight is 508 g/mol. The molecule has 1 aromatic heterocycles. The first-order valence-electron chi connectivity index (χ1n) is 11.1. The number of sulfone groups is 1. The highest BCUT2D eigenvalue weighted by Gasteiger charge is 2.33. The highest BCUT2D eigenvalue weighted by molar-refractivity contribution is 7.91. The molecule has 1 aliphatic rings. The standard InChI is InChI=1S/C24H30FN3O6S/c1-15-19(25)7-9-21(26-15)27-22(29)18-12-17(6-8-20(18)33-5)35(31,32)14-16-10-11-28(13-16)23(30)34-24(2,3)4/h6-9,12,16H,10-11,13-14H2,1-5H3,(H,26,27,29)/t16-/m0/s1. The predicted octanol–water partition coefficient (Wildman–Crippen LogP) is 3.82. The van der Waals surface area contributed by atoms with E-state index in [1.165, 1.54) is 49.3 Å². The number of hydrogen-bond acceptors (Lipinski definition) is 7. The van der Waals surface area contributed by atoms with E-state index in [2.05, 4.69) is 10.3 Å². The Kier molecular flexibility index (Phi) is 7.68. The number of benzene rings is 1. The molecule has 0 saturated carbocycles. The molecule has 1 fully saturated rings. The van der Waals surface area contributed by atoms with Crippen molar-refractivity contribution in [3.63, 3.8) is 0 Å². The molecule has 1 saturated heterocycles. The van der Waals surface area contributed by atoms with Crippen LogP contribution >= 0.6 is 0 Å². The Bertz CT molecular complexity index is 1230. The first-order valence-corrected chi connectivity index (χ1v) is 12.8. The molecule has 1 atom stereocenters. The molecule has 2 aromatic rings. The van der Waals surface area contributed by atoms with Gasteiger partial charge in [0.15, 0.2) is 9.84 Å². The van der Waals surface area contributed by atoms with Gasteiger partial charge in [0.25, 0.3) is 5.91 Å². The number of nitrogens with zero attached hydrogens (tertiary/aromatic N) is 2. The maximum atomic E-state index is 13.5. The van der Waals surface area contributed by atoms with Crippen molar-refractivity contribution in [3.05, 3.63) is 47.4 Å². The third kappa shape index (κ3) is 6.68. The number of anilines is 1. The van der Waals surface area contributed by atoms with Crippen LogP contribution in [0.5, 0.6) is 5.75 Å². The van der Waals surface area contributed by atoms with Gasteiger partial charge in [-0.2, -0.15) is 0 Å². The number of carbonyl (C=O) groups excluding carboxylic acids is 2. The minimum atomic E-state index is -3.77. The van der Waals surface area contributed by atoms with Gasteiger partial charge in [0.05, 0.1) is 29.0 Å². The van der Waals surface area contributed by atoms with Crippen molar-refractivity contribution in [2.45, 2.75) is 44.6 Å². The van der Waals surface area contributed by atoms with Gasteiger partial charge in [-0.05, 0) is 70.4 Å². The second-order valence-corrected chi connectivity index (χ2v) is 11.5. The fourth-order valence-corrected chi connectivity index (χ4v) is 5.38. The average Bonchev–Trinajstić information content (AvgIpc) is 3.22. The first-order chi connectivity index (χ1) is 16.3. The summed E-state index contributed by atoms with van der Waals surface area (Å²) < 4.78 is 50.4. The van der Waals surface area contributed by atoms with E-state index in [4.69, 9.17) is 9.47 Å². The molecule has 2 amide bonds. The van der Waals surface area contributed by atoms with Crippen molar-refractivity contribution in [2.75, 3.05) is 31.3 Å². The number of ether oxygens (including phenoxy) is 2. The molecule has 3 rings (SSSR count). The Morgan fingerprint density at radius 1 is 1.23 bits per heavy atom. The summed E-state index contributed by atoms with van der Waals surface area (Å²) in [6.45, 7) is 7.46. The van der Waals surface area contributed by atoms with Crippen LogP contribution < -0.4 is 10.1 Å². The number of aromatic nitrogens is 1. The van der Waals surface area contributed by atoms with Crippen LogP contribution in [0.2, 0.25) is 0 Å². The number of methoxy groups -OCH3 is 1. The van der Waals surface area contributed by atoms with E-state index in [0.717, 1.165) is 0 Å². The van der Waals surface area contributed by atoms with Crippen molar-refractivity contribution >= 4 is 27.7 Å². The topological polar surface area (TPSA) is 115 Å². The highest BCUT2D eigenvalue weighted by atomic mass is 32.2. The Morgan fingerprint density at radius 3 is 2.57 bits per heavy atom. The molecule has 2 heterocycles. The summed E-state index contributed by atoms with van der Waals surface area (Å²) in [7, 11) is -2.41. The zero-order chi connectivity index (χ0) is 26.0. The van der Waals surface area contributed by atoms with Crippen LogP contribution in [0, 0.1) is 18.7 Å². The molecule has 0 aliphatic carbocycles. The molecular weight excluding hydrogens is 477 g/mol. The molecule has 11 heteroatoms. The maximum Gasteiger partial charge on any atom is 0.410 e. The molecule has 1 N–H and O–H groups in total. The number of rotatable bonds is 6. The fourth-order valence-electron chi connectivity index (χ4n) is 3.72. The molecule has 190 valence electrons. The number of pyridine rings is 1. The highest BCUT2D eigenvalue weighted by Crippen LogP contribution is 2.27. The lowest BCUT2D eigenvalue weighted by atomic mass is 10.2. The van der Waals surface area contributed by atoms with Gasteiger partial charge < -0.3 is 19.7 Å². The fraction of sp³-hybridized carbons (Fsp3) is 0.458. The summed E-state index contributed by atoms with van der Waals surface area (Å²) >= 11 is 0. The van der Waals surface area contributed by atoms with Gasteiger partial charge in [0.2, 0.25) is 0 Å². The summed E-state index contributed by atoms with van der Waals surface area (Å²) in [5, 5.41) is 2.54. The Labute approximate surface area is 204 Å². The number of carbonyl (C=O) groups is 2. The predicted molar refractivity (Wildman–Crippen MR) is 128 cm³/mol. The van der Waals surface area contributed by atoms with Crippen LogP contribution in [-0.2, 0) is 14.6 Å². The molecule has 1 aliphatic heterocycles. The largest absolute Gasteiger partial charge is 0.496 e. The van der Waals surface area contributed by atoms with Crippen molar-refractivity contribution in [3.8, 4) is 5.75 Å². The molecule has 35 heavy (non-hydrogen) atoms.